The molecule has 1 aromatic carbocycles. The minimum absolute atomic E-state index is 0.0367. The maximum absolute atomic E-state index is 11.7. The highest BCUT2D eigenvalue weighted by Crippen LogP contribution is 2.25. The molecule has 0 saturated carbocycles. The van der Waals surface area contributed by atoms with E-state index >= 15 is 0 Å². The average Bonchev–Trinajstić information content (AvgIpc) is 2.28. The van der Waals surface area contributed by atoms with Crippen molar-refractivity contribution in [2.24, 2.45) is 5.73 Å². The lowest BCUT2D eigenvalue weighted by Gasteiger charge is -2.11. The lowest BCUT2D eigenvalue weighted by atomic mass is 9.98. The van der Waals surface area contributed by atoms with Crippen LogP contribution in [-0.4, -0.2) is 19.4 Å². The predicted molar refractivity (Wildman–Crippen MR) is 65.1 cm³/mol. The van der Waals surface area contributed by atoms with E-state index in [0.717, 1.165) is 0 Å². The summed E-state index contributed by atoms with van der Waals surface area (Å²) in [6.45, 7) is 4.58. The van der Waals surface area contributed by atoms with Crippen LogP contribution in [0.5, 0.6) is 5.75 Å². The van der Waals surface area contributed by atoms with E-state index in [9.17, 15) is 4.79 Å². The normalized spacial score (nSPS) is 10.6. The van der Waals surface area contributed by atoms with Crippen LogP contribution in [0.1, 0.15) is 42.1 Å². The van der Waals surface area contributed by atoms with E-state index in [1.54, 1.807) is 7.11 Å². The van der Waals surface area contributed by atoms with Gasteiger partial charge in [-0.05, 0) is 30.2 Å². The van der Waals surface area contributed by atoms with Crippen LogP contribution in [-0.2, 0) is 0 Å². The van der Waals surface area contributed by atoms with Gasteiger partial charge >= 0.3 is 0 Å². The summed E-state index contributed by atoms with van der Waals surface area (Å²) in [5.74, 6) is 1.10. The highest BCUT2D eigenvalue weighted by Gasteiger charge is 2.12. The number of hydrogen-bond donors (Lipinski definition) is 1. The molecule has 0 bridgehead atoms. The first-order valence-corrected chi connectivity index (χ1v) is 5.51. The van der Waals surface area contributed by atoms with Gasteiger partial charge in [0.25, 0.3) is 0 Å². The third kappa shape index (κ3) is 2.83. The molecule has 0 fully saturated rings. The maximum Gasteiger partial charge on any atom is 0.167 e. The van der Waals surface area contributed by atoms with Crippen molar-refractivity contribution in [3.05, 3.63) is 29.3 Å². The maximum atomic E-state index is 11.7. The number of ether oxygens (including phenoxy) is 1. The molecule has 0 radical (unpaired) electrons. The molecule has 0 aliphatic rings. The summed E-state index contributed by atoms with van der Waals surface area (Å²) in [6.07, 6.45) is 0.359. The first-order chi connectivity index (χ1) is 7.60. The number of nitrogens with two attached hydrogens (primary N) is 1. The molecule has 3 heteroatoms. The molecule has 0 atom stereocenters. The molecule has 0 aliphatic carbocycles. The Kier molecular flexibility index (Phi) is 4.50. The van der Waals surface area contributed by atoms with Crippen molar-refractivity contribution < 1.29 is 9.53 Å². The number of hydrogen-bond acceptors (Lipinski definition) is 3. The summed E-state index contributed by atoms with van der Waals surface area (Å²) in [5, 5.41) is 0. The Morgan fingerprint density at radius 3 is 2.62 bits per heavy atom. The molecule has 0 saturated heterocycles. The van der Waals surface area contributed by atoms with Gasteiger partial charge < -0.3 is 10.5 Å². The lowest BCUT2D eigenvalue weighted by Crippen LogP contribution is -2.09. The van der Waals surface area contributed by atoms with Crippen molar-refractivity contribution in [3.8, 4) is 5.75 Å². The Bertz CT molecular complexity index is 372. The fraction of sp³-hybridized carbons (Fsp3) is 0.462. The van der Waals surface area contributed by atoms with Gasteiger partial charge in [0.1, 0.15) is 5.75 Å². The molecule has 0 spiro atoms. The van der Waals surface area contributed by atoms with Gasteiger partial charge in [0.05, 0.1) is 12.7 Å². The SMILES string of the molecule is COc1cc(C(C)C)ccc1C(=O)CCN. The topological polar surface area (TPSA) is 52.3 Å². The summed E-state index contributed by atoms with van der Waals surface area (Å²) in [7, 11) is 1.58. The number of methoxy groups -OCH3 is 1. The van der Waals surface area contributed by atoms with Gasteiger partial charge in [-0.3, -0.25) is 4.79 Å². The third-order valence-electron chi connectivity index (χ3n) is 2.56. The van der Waals surface area contributed by atoms with Crippen molar-refractivity contribution in [2.45, 2.75) is 26.2 Å². The van der Waals surface area contributed by atoms with Crippen LogP contribution in [0, 0.1) is 0 Å². The molecule has 2 N–H and O–H groups in total. The Morgan fingerprint density at radius 1 is 1.44 bits per heavy atom. The molecule has 1 aromatic rings. The van der Waals surface area contributed by atoms with Gasteiger partial charge in [-0.25, -0.2) is 0 Å². The molecule has 1 rings (SSSR count). The zero-order valence-corrected chi connectivity index (χ0v) is 10.1. The molecule has 3 nitrogen and oxygen atoms in total. The molecular weight excluding hydrogens is 202 g/mol. The first kappa shape index (κ1) is 12.7. The smallest absolute Gasteiger partial charge is 0.167 e. The van der Waals surface area contributed by atoms with Gasteiger partial charge in [0.2, 0.25) is 0 Å². The Hall–Kier alpha value is -1.35. The second-order valence-corrected chi connectivity index (χ2v) is 4.08. The Balaban J connectivity index is 3.06. The first-order valence-electron chi connectivity index (χ1n) is 5.51. The van der Waals surface area contributed by atoms with Gasteiger partial charge in [0, 0.05) is 6.42 Å². The third-order valence-corrected chi connectivity index (χ3v) is 2.56. The number of benzene rings is 1. The van der Waals surface area contributed by atoms with Crippen molar-refractivity contribution in [1.82, 2.24) is 0 Å². The number of rotatable bonds is 5. The number of Topliss-reactive ketones (excluding diaryl/α,β-unsaturated/α-hetero) is 1. The zero-order valence-electron chi connectivity index (χ0n) is 10.1. The Labute approximate surface area is 96.6 Å². The predicted octanol–water partition coefficient (Wildman–Crippen LogP) is 2.35. The number of carbonyl (C=O) groups is 1. The molecule has 0 aromatic heterocycles. The quantitative estimate of drug-likeness (QED) is 0.776. The largest absolute Gasteiger partial charge is 0.496 e. The molecular formula is C13H19NO2. The van der Waals surface area contributed by atoms with E-state index in [4.69, 9.17) is 10.5 Å². The van der Waals surface area contributed by atoms with E-state index in [2.05, 4.69) is 13.8 Å². The average molecular weight is 221 g/mol. The van der Waals surface area contributed by atoms with E-state index < -0.39 is 0 Å². The number of ketones is 1. The second-order valence-electron chi connectivity index (χ2n) is 4.08. The second kappa shape index (κ2) is 5.66. The van der Waals surface area contributed by atoms with Crippen molar-refractivity contribution in [2.75, 3.05) is 13.7 Å². The van der Waals surface area contributed by atoms with Gasteiger partial charge in [-0.1, -0.05) is 19.9 Å². The summed E-state index contributed by atoms with van der Waals surface area (Å²) >= 11 is 0. The summed E-state index contributed by atoms with van der Waals surface area (Å²) in [4.78, 5) is 11.7. The number of carbonyl (C=O) groups excluding carboxylic acids is 1. The fourth-order valence-corrected chi connectivity index (χ4v) is 1.56. The highest BCUT2D eigenvalue weighted by atomic mass is 16.5. The standard InChI is InChI=1S/C13H19NO2/c1-9(2)10-4-5-11(12(15)6-7-14)13(8-10)16-3/h4-5,8-9H,6-7,14H2,1-3H3. The van der Waals surface area contributed by atoms with E-state index in [1.807, 2.05) is 18.2 Å². The van der Waals surface area contributed by atoms with Gasteiger partial charge in [-0.2, -0.15) is 0 Å². The minimum atomic E-state index is 0.0367. The molecule has 0 amide bonds. The highest BCUT2D eigenvalue weighted by molar-refractivity contribution is 5.98. The van der Waals surface area contributed by atoms with E-state index in [-0.39, 0.29) is 5.78 Å². The lowest BCUT2D eigenvalue weighted by molar-refractivity contribution is 0.0982. The van der Waals surface area contributed by atoms with Crippen molar-refractivity contribution >= 4 is 5.78 Å². The molecule has 0 aliphatic heterocycles. The fourth-order valence-electron chi connectivity index (χ4n) is 1.56. The van der Waals surface area contributed by atoms with Crippen LogP contribution < -0.4 is 10.5 Å². The van der Waals surface area contributed by atoms with Gasteiger partial charge in [-0.15, -0.1) is 0 Å². The van der Waals surface area contributed by atoms with Crippen molar-refractivity contribution in [1.29, 1.82) is 0 Å². The molecule has 16 heavy (non-hydrogen) atoms. The van der Waals surface area contributed by atoms with Crippen LogP contribution in [0.25, 0.3) is 0 Å². The molecule has 0 heterocycles. The minimum Gasteiger partial charge on any atom is -0.496 e. The van der Waals surface area contributed by atoms with Crippen LogP contribution in [0.2, 0.25) is 0 Å². The summed E-state index contributed by atoms with van der Waals surface area (Å²) < 4.78 is 5.24. The monoisotopic (exact) mass is 221 g/mol. The molecule has 0 unspecified atom stereocenters. The van der Waals surface area contributed by atoms with Crippen LogP contribution in [0.15, 0.2) is 18.2 Å². The van der Waals surface area contributed by atoms with E-state index in [1.165, 1.54) is 5.56 Å². The summed E-state index contributed by atoms with van der Waals surface area (Å²) in [6, 6.07) is 5.72. The van der Waals surface area contributed by atoms with Gasteiger partial charge in [0.15, 0.2) is 5.78 Å². The van der Waals surface area contributed by atoms with Crippen molar-refractivity contribution in [3.63, 3.8) is 0 Å². The van der Waals surface area contributed by atoms with Crippen LogP contribution >= 0.6 is 0 Å². The zero-order chi connectivity index (χ0) is 12.1. The van der Waals surface area contributed by atoms with Crippen LogP contribution in [0.3, 0.4) is 0 Å². The molecule has 88 valence electrons. The Morgan fingerprint density at radius 2 is 2.12 bits per heavy atom. The van der Waals surface area contributed by atoms with Crippen LogP contribution in [0.4, 0.5) is 0 Å². The van der Waals surface area contributed by atoms with E-state index in [0.29, 0.717) is 30.2 Å². The summed E-state index contributed by atoms with van der Waals surface area (Å²) in [5.41, 5.74) is 7.17.